The fraction of sp³-hybridized carbons (Fsp3) is 0.943. The Labute approximate surface area is 231 Å². The maximum atomic E-state index is 10.2. The average molecular weight is 517 g/mol. The largest absolute Gasteiger partial charge is 0.393 e. The summed E-state index contributed by atoms with van der Waals surface area (Å²) in [5.74, 6) is 5.46. The van der Waals surface area contributed by atoms with Crippen molar-refractivity contribution in [2.45, 2.75) is 164 Å². The van der Waals surface area contributed by atoms with Crippen LogP contribution < -0.4 is 0 Å². The minimum atomic E-state index is -0.0766. The lowest BCUT2D eigenvalue weighted by molar-refractivity contribution is -0.102. The van der Waals surface area contributed by atoms with Gasteiger partial charge in [-0.2, -0.15) is 0 Å². The van der Waals surface area contributed by atoms with Crippen molar-refractivity contribution in [1.82, 2.24) is 0 Å². The quantitative estimate of drug-likeness (QED) is 0.368. The highest BCUT2D eigenvalue weighted by Gasteiger charge is 2.59. The fourth-order valence-electron chi connectivity index (χ4n) is 9.58. The van der Waals surface area contributed by atoms with E-state index >= 15 is 0 Å². The maximum Gasteiger partial charge on any atom is 0.0605 e. The van der Waals surface area contributed by atoms with Crippen molar-refractivity contribution < 1.29 is 9.84 Å². The third kappa shape index (κ3) is 7.45. The molecule has 4 aliphatic carbocycles. The summed E-state index contributed by atoms with van der Waals surface area (Å²) in [5.41, 5.74) is 2.57. The normalized spacial score (nSPS) is 38.6. The van der Waals surface area contributed by atoms with E-state index in [2.05, 4.69) is 82.2 Å². The molecule has 2 nitrogen and oxygen atoms in total. The molecule has 0 radical (unpaired) electrons. The second kappa shape index (κ2) is 11.6. The van der Waals surface area contributed by atoms with Crippen molar-refractivity contribution in [2.75, 3.05) is 0 Å². The van der Waals surface area contributed by atoms with Crippen LogP contribution in [0.4, 0.5) is 0 Å². The van der Waals surface area contributed by atoms with E-state index in [1.54, 1.807) is 5.57 Å². The summed E-state index contributed by atoms with van der Waals surface area (Å²) < 4.78 is 5.62. The summed E-state index contributed by atoms with van der Waals surface area (Å²) in [6, 6.07) is 0. The van der Waals surface area contributed by atoms with Crippen molar-refractivity contribution in [1.29, 1.82) is 0 Å². The Bertz CT molecular complexity index is 755. The van der Waals surface area contributed by atoms with Crippen LogP contribution in [0.2, 0.25) is 0 Å². The first-order valence-electron chi connectivity index (χ1n) is 16.0. The van der Waals surface area contributed by atoms with Gasteiger partial charge >= 0.3 is 0 Å². The van der Waals surface area contributed by atoms with Gasteiger partial charge in [-0.05, 0) is 139 Å². The van der Waals surface area contributed by atoms with Gasteiger partial charge in [-0.3, -0.25) is 0 Å². The second-order valence-electron chi connectivity index (χ2n) is 16.5. The smallest absolute Gasteiger partial charge is 0.0605 e. The zero-order valence-electron chi connectivity index (χ0n) is 26.8. The summed E-state index contributed by atoms with van der Waals surface area (Å²) in [4.78, 5) is 0. The SMILES string of the molecule is CC(C)(C)OC(C)(C)C.CC(C)CCCC(C)[C@H]1CC[C@H]2[C@@H]3CC=C4C[C@@H](O)CC[C@]4(C)[C@H]3CC[C@]12C. The number of aliphatic hydroxyl groups excluding tert-OH is 1. The van der Waals surface area contributed by atoms with Gasteiger partial charge < -0.3 is 9.84 Å². The lowest BCUT2D eigenvalue weighted by Crippen LogP contribution is -2.50. The van der Waals surface area contributed by atoms with Crippen LogP contribution >= 0.6 is 0 Å². The Morgan fingerprint density at radius 2 is 1.54 bits per heavy atom. The average Bonchev–Trinajstić information content (AvgIpc) is 3.09. The number of hydrogen-bond acceptors (Lipinski definition) is 2. The van der Waals surface area contributed by atoms with Gasteiger partial charge in [0, 0.05) is 0 Å². The monoisotopic (exact) mass is 516 g/mol. The van der Waals surface area contributed by atoms with Crippen LogP contribution in [0.5, 0.6) is 0 Å². The molecule has 3 saturated carbocycles. The lowest BCUT2D eigenvalue weighted by atomic mass is 9.47. The van der Waals surface area contributed by atoms with Crippen molar-refractivity contribution in [2.24, 2.45) is 46.3 Å². The Morgan fingerprint density at radius 1 is 0.892 bits per heavy atom. The zero-order chi connectivity index (χ0) is 27.8. The molecule has 37 heavy (non-hydrogen) atoms. The van der Waals surface area contributed by atoms with Crippen LogP contribution in [-0.4, -0.2) is 22.4 Å². The Hall–Kier alpha value is -0.340. The fourth-order valence-corrected chi connectivity index (χ4v) is 9.58. The first kappa shape index (κ1) is 31.2. The predicted octanol–water partition coefficient (Wildman–Crippen LogP) is 9.99. The highest BCUT2D eigenvalue weighted by molar-refractivity contribution is 5.25. The summed E-state index contributed by atoms with van der Waals surface area (Å²) in [6.45, 7) is 25.0. The molecule has 0 aliphatic heterocycles. The predicted molar refractivity (Wildman–Crippen MR) is 160 cm³/mol. The molecule has 0 spiro atoms. The van der Waals surface area contributed by atoms with E-state index in [1.165, 1.54) is 57.8 Å². The molecule has 0 aromatic heterocycles. The highest BCUT2D eigenvalue weighted by Crippen LogP contribution is 2.67. The lowest BCUT2D eigenvalue weighted by Gasteiger charge is -2.58. The molecular weight excluding hydrogens is 452 g/mol. The number of hydrogen-bond donors (Lipinski definition) is 1. The molecule has 0 aromatic carbocycles. The molecular formula is C35H64O2. The first-order chi connectivity index (χ1) is 17.0. The van der Waals surface area contributed by atoms with Gasteiger partial charge in [0.25, 0.3) is 0 Å². The van der Waals surface area contributed by atoms with E-state index in [-0.39, 0.29) is 17.3 Å². The molecule has 1 N–H and O–H groups in total. The summed E-state index contributed by atoms with van der Waals surface area (Å²) >= 11 is 0. The molecule has 3 fully saturated rings. The van der Waals surface area contributed by atoms with Crippen molar-refractivity contribution in [3.63, 3.8) is 0 Å². The standard InChI is InChI=1S/C27H46O.C8H18O/c1-18(2)7-6-8-19(3)23-11-12-24-22-10-9-20-17-21(28)13-15-26(20,4)25(22)14-16-27(23,24)5;1-7(2,3)9-8(4,5)6/h9,18-19,21-25,28H,6-8,10-17H2,1-5H3;1-6H3/t19?,21-,22-,23+,24-,25-,26-,27+;/m0./s1. The number of allylic oxidation sites excluding steroid dienone is 1. The van der Waals surface area contributed by atoms with Gasteiger partial charge in [0.15, 0.2) is 0 Å². The maximum absolute atomic E-state index is 10.2. The van der Waals surface area contributed by atoms with Gasteiger partial charge in [0.1, 0.15) is 0 Å². The number of ether oxygens (including phenoxy) is 1. The molecule has 0 heterocycles. The molecule has 0 saturated heterocycles. The second-order valence-corrected chi connectivity index (χ2v) is 16.5. The Kier molecular flexibility index (Phi) is 9.81. The van der Waals surface area contributed by atoms with E-state index in [4.69, 9.17) is 4.74 Å². The molecule has 0 aromatic rings. The molecule has 0 amide bonds. The number of aliphatic hydroxyl groups is 1. The van der Waals surface area contributed by atoms with Crippen LogP contribution in [0.25, 0.3) is 0 Å². The molecule has 2 heteroatoms. The molecule has 4 aliphatic rings. The third-order valence-corrected chi connectivity index (χ3v) is 10.9. The Morgan fingerprint density at radius 3 is 2.11 bits per heavy atom. The van der Waals surface area contributed by atoms with Gasteiger partial charge in [-0.25, -0.2) is 0 Å². The van der Waals surface area contributed by atoms with Crippen LogP contribution in [0.15, 0.2) is 11.6 Å². The minimum absolute atomic E-state index is 0.0156. The van der Waals surface area contributed by atoms with Crippen molar-refractivity contribution in [3.05, 3.63) is 11.6 Å². The topological polar surface area (TPSA) is 29.5 Å². The molecule has 1 unspecified atom stereocenters. The summed E-state index contributed by atoms with van der Waals surface area (Å²) in [7, 11) is 0. The molecule has 216 valence electrons. The third-order valence-electron chi connectivity index (χ3n) is 10.9. The van der Waals surface area contributed by atoms with Crippen molar-refractivity contribution in [3.8, 4) is 0 Å². The Balaban J connectivity index is 0.000000364. The van der Waals surface area contributed by atoms with Crippen LogP contribution in [-0.2, 0) is 4.74 Å². The van der Waals surface area contributed by atoms with E-state index in [0.29, 0.717) is 10.8 Å². The minimum Gasteiger partial charge on any atom is -0.393 e. The van der Waals surface area contributed by atoms with Crippen LogP contribution in [0, 0.1) is 46.3 Å². The van der Waals surface area contributed by atoms with E-state index in [0.717, 1.165) is 48.3 Å². The van der Waals surface area contributed by atoms with Crippen LogP contribution in [0.3, 0.4) is 0 Å². The van der Waals surface area contributed by atoms with E-state index in [1.807, 2.05) is 0 Å². The van der Waals surface area contributed by atoms with Gasteiger partial charge in [0.05, 0.1) is 17.3 Å². The van der Waals surface area contributed by atoms with Gasteiger partial charge in [-0.1, -0.05) is 65.5 Å². The number of rotatable bonds is 5. The zero-order valence-corrected chi connectivity index (χ0v) is 26.8. The van der Waals surface area contributed by atoms with E-state index in [9.17, 15) is 5.11 Å². The van der Waals surface area contributed by atoms with E-state index < -0.39 is 0 Å². The van der Waals surface area contributed by atoms with Crippen molar-refractivity contribution >= 4 is 0 Å². The first-order valence-corrected chi connectivity index (χ1v) is 16.0. The molecule has 4 rings (SSSR count). The summed E-state index contributed by atoms with van der Waals surface area (Å²) in [5, 5.41) is 10.2. The van der Waals surface area contributed by atoms with Gasteiger partial charge in [-0.15, -0.1) is 0 Å². The number of fused-ring (bicyclic) bond motifs is 5. The van der Waals surface area contributed by atoms with Gasteiger partial charge in [0.2, 0.25) is 0 Å². The summed E-state index contributed by atoms with van der Waals surface area (Å²) in [6.07, 6.45) is 17.2. The molecule has 0 bridgehead atoms. The van der Waals surface area contributed by atoms with Crippen LogP contribution in [0.1, 0.15) is 147 Å². The highest BCUT2D eigenvalue weighted by atomic mass is 16.5. The molecule has 8 atom stereocenters.